The van der Waals surface area contributed by atoms with Crippen molar-refractivity contribution in [1.82, 2.24) is 0 Å². The van der Waals surface area contributed by atoms with Gasteiger partial charge in [0.1, 0.15) is 0 Å². The minimum absolute atomic E-state index is 0.641. The maximum Gasteiger partial charge on any atom is 0.0194 e. The molecule has 0 spiro atoms. The van der Waals surface area contributed by atoms with E-state index in [1.165, 1.54) is 12.0 Å². The molecule has 1 aromatic rings. The van der Waals surface area contributed by atoms with Crippen LogP contribution in [0, 0.1) is 17.8 Å². The van der Waals surface area contributed by atoms with Crippen LogP contribution in [0.25, 0.3) is 0 Å². The fourth-order valence-corrected chi connectivity index (χ4v) is 5.23. The Kier molecular flexibility index (Phi) is 2.23. The quantitative estimate of drug-likeness (QED) is 0.662. The molecule has 0 amide bonds. The third kappa shape index (κ3) is 1.45. The first-order valence-electron chi connectivity index (χ1n) is 6.49. The van der Waals surface area contributed by atoms with Gasteiger partial charge in [-0.15, -0.1) is 11.8 Å². The first-order chi connectivity index (χ1) is 8.43. The van der Waals surface area contributed by atoms with Gasteiger partial charge in [-0.2, -0.15) is 0 Å². The lowest BCUT2D eigenvalue weighted by Crippen LogP contribution is -2.29. The summed E-state index contributed by atoms with van der Waals surface area (Å²) in [5.41, 5.74) is 1.50. The van der Waals surface area contributed by atoms with Crippen molar-refractivity contribution in [2.75, 3.05) is 0 Å². The van der Waals surface area contributed by atoms with Crippen LogP contribution in [0.5, 0.6) is 0 Å². The van der Waals surface area contributed by atoms with E-state index in [4.69, 9.17) is 0 Å². The summed E-state index contributed by atoms with van der Waals surface area (Å²) in [6.07, 6.45) is 8.75. The summed E-state index contributed by atoms with van der Waals surface area (Å²) in [6, 6.07) is 11.0. The van der Waals surface area contributed by atoms with Crippen LogP contribution in [0.3, 0.4) is 0 Å². The van der Waals surface area contributed by atoms with E-state index in [-0.39, 0.29) is 0 Å². The molecule has 5 atom stereocenters. The average molecular weight is 240 g/mol. The molecular weight excluding hydrogens is 224 g/mol. The minimum Gasteiger partial charge on any atom is -0.130 e. The molecule has 0 N–H and O–H groups in total. The molecule has 1 heterocycles. The van der Waals surface area contributed by atoms with Gasteiger partial charge in [-0.05, 0) is 35.1 Å². The normalized spacial score (nSPS) is 41.8. The SMILES string of the molecule is C1=C[C@@H](c2ccccc2)C2C(S1)[C@H]1C=C[C@@H]2C1. The Balaban J connectivity index is 1.74. The van der Waals surface area contributed by atoms with Crippen molar-refractivity contribution in [1.29, 1.82) is 0 Å². The Bertz CT molecular complexity index is 474. The third-order valence-corrected chi connectivity index (χ3v) is 5.86. The number of allylic oxidation sites excluding steroid dienone is 3. The number of fused-ring (bicyclic) bond motifs is 5. The van der Waals surface area contributed by atoms with Crippen molar-refractivity contribution in [2.24, 2.45) is 17.8 Å². The second kappa shape index (κ2) is 3.78. The Morgan fingerprint density at radius 2 is 1.76 bits per heavy atom. The highest BCUT2D eigenvalue weighted by Gasteiger charge is 2.48. The molecule has 86 valence electrons. The molecule has 2 unspecified atom stereocenters. The van der Waals surface area contributed by atoms with Crippen LogP contribution in [0.4, 0.5) is 0 Å². The second-order valence-corrected chi connectivity index (χ2v) is 6.48. The third-order valence-electron chi connectivity index (χ3n) is 4.57. The summed E-state index contributed by atoms with van der Waals surface area (Å²) in [5, 5.41) is 3.17. The van der Waals surface area contributed by atoms with Crippen LogP contribution in [-0.2, 0) is 0 Å². The van der Waals surface area contributed by atoms with Gasteiger partial charge in [-0.3, -0.25) is 0 Å². The molecule has 4 rings (SSSR count). The van der Waals surface area contributed by atoms with Crippen LogP contribution in [0.15, 0.2) is 54.0 Å². The lowest BCUT2D eigenvalue weighted by Gasteiger charge is -2.35. The van der Waals surface area contributed by atoms with Crippen LogP contribution in [-0.4, -0.2) is 5.25 Å². The van der Waals surface area contributed by atoms with Crippen LogP contribution in [0.2, 0.25) is 0 Å². The van der Waals surface area contributed by atoms with E-state index in [0.717, 1.165) is 23.0 Å². The fourth-order valence-electron chi connectivity index (χ4n) is 3.83. The Morgan fingerprint density at radius 1 is 0.941 bits per heavy atom. The Labute approximate surface area is 107 Å². The molecule has 17 heavy (non-hydrogen) atoms. The van der Waals surface area contributed by atoms with E-state index in [9.17, 15) is 0 Å². The van der Waals surface area contributed by atoms with E-state index < -0.39 is 0 Å². The predicted octanol–water partition coefficient (Wildman–Crippen LogP) is 4.22. The number of thioether (sulfide) groups is 1. The summed E-state index contributed by atoms with van der Waals surface area (Å²) >= 11 is 2.06. The van der Waals surface area contributed by atoms with Gasteiger partial charge >= 0.3 is 0 Å². The molecular formula is C16H16S. The van der Waals surface area contributed by atoms with E-state index >= 15 is 0 Å². The Morgan fingerprint density at radius 3 is 2.65 bits per heavy atom. The summed E-state index contributed by atoms with van der Waals surface area (Å²) < 4.78 is 0. The van der Waals surface area contributed by atoms with Gasteiger partial charge in [0.25, 0.3) is 0 Å². The maximum absolute atomic E-state index is 2.47. The van der Waals surface area contributed by atoms with Gasteiger partial charge in [-0.1, -0.05) is 48.6 Å². The molecule has 2 bridgehead atoms. The number of hydrogen-bond donors (Lipinski definition) is 0. The average Bonchev–Trinajstić information content (AvgIpc) is 3.01. The van der Waals surface area contributed by atoms with Crippen molar-refractivity contribution in [3.63, 3.8) is 0 Å². The second-order valence-electron chi connectivity index (χ2n) is 5.39. The van der Waals surface area contributed by atoms with E-state index in [1.54, 1.807) is 0 Å². The molecule has 0 aromatic heterocycles. The minimum atomic E-state index is 0.641. The summed E-state index contributed by atoms with van der Waals surface area (Å²) in [6.45, 7) is 0. The van der Waals surface area contributed by atoms with Crippen molar-refractivity contribution in [2.45, 2.75) is 17.6 Å². The van der Waals surface area contributed by atoms with Gasteiger partial charge in [0.15, 0.2) is 0 Å². The molecule has 2 aliphatic carbocycles. The predicted molar refractivity (Wildman–Crippen MR) is 73.9 cm³/mol. The first-order valence-corrected chi connectivity index (χ1v) is 7.43. The summed E-state index contributed by atoms with van der Waals surface area (Å²) in [5.74, 6) is 3.14. The van der Waals surface area contributed by atoms with Gasteiger partial charge < -0.3 is 0 Å². The molecule has 1 fully saturated rings. The Hall–Kier alpha value is -0.950. The van der Waals surface area contributed by atoms with Gasteiger partial charge in [0.05, 0.1) is 0 Å². The highest BCUT2D eigenvalue weighted by Crippen LogP contribution is 2.56. The fraction of sp³-hybridized carbons (Fsp3) is 0.375. The highest BCUT2D eigenvalue weighted by atomic mass is 32.2. The monoisotopic (exact) mass is 240 g/mol. The van der Waals surface area contributed by atoms with Crippen LogP contribution < -0.4 is 0 Å². The largest absolute Gasteiger partial charge is 0.130 e. The highest BCUT2D eigenvalue weighted by molar-refractivity contribution is 8.02. The molecule has 1 saturated carbocycles. The smallest absolute Gasteiger partial charge is 0.0194 e. The lowest BCUT2D eigenvalue weighted by atomic mass is 9.78. The van der Waals surface area contributed by atoms with Gasteiger partial charge in [0, 0.05) is 11.2 Å². The number of hydrogen-bond acceptors (Lipinski definition) is 1. The van der Waals surface area contributed by atoms with Gasteiger partial charge in [-0.25, -0.2) is 0 Å². The molecule has 1 heteroatoms. The van der Waals surface area contributed by atoms with Crippen molar-refractivity contribution in [3.05, 3.63) is 59.5 Å². The maximum atomic E-state index is 2.47. The zero-order chi connectivity index (χ0) is 11.2. The van der Waals surface area contributed by atoms with Crippen molar-refractivity contribution in [3.8, 4) is 0 Å². The number of rotatable bonds is 1. The standard InChI is InChI=1S/C16H16S/c1-2-4-11(5-3-1)14-8-9-17-16-13-7-6-12(10-13)15(14)16/h1-9,12-16H,10H2/t12-,13+,14+,15?,16?/m1/s1. The van der Waals surface area contributed by atoms with Crippen molar-refractivity contribution >= 4 is 11.8 Å². The summed E-state index contributed by atoms with van der Waals surface area (Å²) in [4.78, 5) is 0. The topological polar surface area (TPSA) is 0 Å². The van der Waals surface area contributed by atoms with Crippen LogP contribution >= 0.6 is 11.8 Å². The van der Waals surface area contributed by atoms with E-state index in [2.05, 4.69) is 65.7 Å². The zero-order valence-electron chi connectivity index (χ0n) is 9.70. The lowest BCUT2D eigenvalue weighted by molar-refractivity contribution is 0.414. The molecule has 1 aromatic carbocycles. The first kappa shape index (κ1) is 10.0. The number of benzene rings is 1. The summed E-state index contributed by atoms with van der Waals surface area (Å²) in [7, 11) is 0. The van der Waals surface area contributed by atoms with E-state index in [1.807, 2.05) is 0 Å². The van der Waals surface area contributed by atoms with Gasteiger partial charge in [0.2, 0.25) is 0 Å². The molecule has 0 radical (unpaired) electrons. The molecule has 3 aliphatic rings. The molecule has 1 aliphatic heterocycles. The van der Waals surface area contributed by atoms with E-state index in [0.29, 0.717) is 5.92 Å². The molecule has 0 nitrogen and oxygen atoms in total. The van der Waals surface area contributed by atoms with Crippen molar-refractivity contribution < 1.29 is 0 Å². The molecule has 0 saturated heterocycles. The zero-order valence-corrected chi connectivity index (χ0v) is 10.5. The van der Waals surface area contributed by atoms with Crippen LogP contribution in [0.1, 0.15) is 17.9 Å².